The molecule has 4 nitrogen and oxygen atoms in total. The molecule has 0 saturated carbocycles. The van der Waals surface area contributed by atoms with Crippen molar-refractivity contribution in [2.24, 2.45) is 5.92 Å². The fourth-order valence-electron chi connectivity index (χ4n) is 4.52. The second-order valence-corrected chi connectivity index (χ2v) is 10.1. The van der Waals surface area contributed by atoms with E-state index in [1.807, 2.05) is 18.2 Å². The van der Waals surface area contributed by atoms with Crippen LogP contribution < -0.4 is 5.32 Å². The minimum atomic E-state index is -4.61. The highest BCUT2D eigenvalue weighted by atomic mass is 35.5. The van der Waals surface area contributed by atoms with E-state index in [4.69, 9.17) is 11.6 Å². The average Bonchev–Trinajstić information content (AvgIpc) is 3.15. The van der Waals surface area contributed by atoms with E-state index in [9.17, 15) is 18.0 Å². The number of carbonyl (C=O) groups excluding carboxylic acids is 1. The summed E-state index contributed by atoms with van der Waals surface area (Å²) in [5.74, 6) is 0.789. The molecule has 0 bridgehead atoms. The Morgan fingerprint density at radius 2 is 1.91 bits per heavy atom. The van der Waals surface area contributed by atoms with Gasteiger partial charge in [0.05, 0.1) is 17.6 Å². The summed E-state index contributed by atoms with van der Waals surface area (Å²) in [6.07, 6.45) is -0.356. The number of amides is 1. The summed E-state index contributed by atoms with van der Waals surface area (Å²) in [5, 5.41) is 4.04. The van der Waals surface area contributed by atoms with Gasteiger partial charge in [0.25, 0.3) is 0 Å². The molecule has 2 atom stereocenters. The van der Waals surface area contributed by atoms with E-state index < -0.39 is 18.1 Å². The summed E-state index contributed by atoms with van der Waals surface area (Å²) in [6.45, 7) is 0. The first-order valence-electron chi connectivity index (χ1n) is 10.6. The standard InChI is InChI=1S/C23H25ClF3N3OS/c1-30(22(31)14-6-8-32-9-7-14)21(23(25,26)27)20-5-4-18(13-28-20)29-19-11-15-2-3-17(24)10-16(15)12-19/h2-5,10,13-14,19,21,29H,6-9,11-12H2,1H3/t19-,21?/m0/s1. The lowest BCUT2D eigenvalue weighted by atomic mass is 9.99. The van der Waals surface area contributed by atoms with Crippen LogP contribution in [0, 0.1) is 5.92 Å². The highest BCUT2D eigenvalue weighted by Gasteiger charge is 2.47. The van der Waals surface area contributed by atoms with E-state index in [1.54, 1.807) is 17.8 Å². The Morgan fingerprint density at radius 3 is 2.56 bits per heavy atom. The Balaban J connectivity index is 1.46. The lowest BCUT2D eigenvalue weighted by Crippen LogP contribution is -2.43. The van der Waals surface area contributed by atoms with Crippen molar-refractivity contribution in [3.63, 3.8) is 0 Å². The highest BCUT2D eigenvalue weighted by molar-refractivity contribution is 7.99. The van der Waals surface area contributed by atoms with Crippen molar-refractivity contribution in [2.75, 3.05) is 23.9 Å². The molecule has 2 aromatic rings. The number of aromatic nitrogens is 1. The molecule has 1 fully saturated rings. The van der Waals surface area contributed by atoms with Gasteiger partial charge in [-0.3, -0.25) is 9.78 Å². The number of thioether (sulfide) groups is 1. The van der Waals surface area contributed by atoms with E-state index >= 15 is 0 Å². The number of alkyl halides is 3. The first kappa shape index (κ1) is 23.2. The second-order valence-electron chi connectivity index (χ2n) is 8.41. The number of rotatable bonds is 5. The first-order valence-corrected chi connectivity index (χ1v) is 12.2. The SMILES string of the molecule is CN(C(=O)C1CCSCC1)C(c1ccc(N[C@H]2Cc3ccc(Cl)cc3C2)cn1)C(F)(F)F. The number of hydrogen-bond donors (Lipinski definition) is 1. The van der Waals surface area contributed by atoms with Gasteiger partial charge in [-0.2, -0.15) is 24.9 Å². The molecule has 0 radical (unpaired) electrons. The summed E-state index contributed by atoms with van der Waals surface area (Å²) in [7, 11) is 1.23. The Morgan fingerprint density at radius 1 is 1.19 bits per heavy atom. The molecule has 2 aliphatic rings. The van der Waals surface area contributed by atoms with E-state index in [2.05, 4.69) is 10.3 Å². The third-order valence-electron chi connectivity index (χ3n) is 6.15. The maximum Gasteiger partial charge on any atom is 0.414 e. The van der Waals surface area contributed by atoms with Crippen LogP contribution in [0.5, 0.6) is 0 Å². The van der Waals surface area contributed by atoms with Gasteiger partial charge >= 0.3 is 6.18 Å². The molecule has 172 valence electrons. The van der Waals surface area contributed by atoms with Crippen molar-refractivity contribution >= 4 is 35.0 Å². The van der Waals surface area contributed by atoms with Gasteiger partial charge in [-0.25, -0.2) is 0 Å². The first-order chi connectivity index (χ1) is 15.2. The van der Waals surface area contributed by atoms with Gasteiger partial charge in [-0.1, -0.05) is 17.7 Å². The van der Waals surface area contributed by atoms with Gasteiger partial charge in [-0.05, 0) is 72.6 Å². The third-order valence-corrected chi connectivity index (χ3v) is 7.44. The summed E-state index contributed by atoms with van der Waals surface area (Å²) >= 11 is 7.79. The monoisotopic (exact) mass is 483 g/mol. The Hall–Kier alpha value is -1.93. The Kier molecular flexibility index (Phi) is 6.91. The molecule has 9 heteroatoms. The molecule has 1 aromatic carbocycles. The zero-order chi connectivity index (χ0) is 22.9. The lowest BCUT2D eigenvalue weighted by Gasteiger charge is -2.33. The average molecular weight is 484 g/mol. The van der Waals surface area contributed by atoms with E-state index in [-0.39, 0.29) is 17.7 Å². The summed E-state index contributed by atoms with van der Waals surface area (Å²) in [5.41, 5.74) is 2.87. The fraction of sp³-hybridized carbons (Fsp3) is 0.478. The number of nitrogens with one attached hydrogen (secondary N) is 1. The van der Waals surface area contributed by atoms with Crippen LogP contribution in [0.2, 0.25) is 5.02 Å². The topological polar surface area (TPSA) is 45.2 Å². The molecular formula is C23H25ClF3N3OS. The highest BCUT2D eigenvalue weighted by Crippen LogP contribution is 2.38. The zero-order valence-corrected chi connectivity index (χ0v) is 19.2. The Labute approximate surface area is 194 Å². The van der Waals surface area contributed by atoms with Crippen molar-refractivity contribution in [3.05, 3.63) is 58.4 Å². The second kappa shape index (κ2) is 9.51. The predicted octanol–water partition coefficient (Wildman–Crippen LogP) is 5.52. The molecule has 1 aromatic heterocycles. The number of carbonyl (C=O) groups is 1. The predicted molar refractivity (Wildman–Crippen MR) is 122 cm³/mol. The van der Waals surface area contributed by atoms with Crippen LogP contribution in [-0.2, 0) is 17.6 Å². The quantitative estimate of drug-likeness (QED) is 0.608. The number of fused-ring (bicyclic) bond motifs is 1. The minimum Gasteiger partial charge on any atom is -0.380 e. The van der Waals surface area contributed by atoms with E-state index in [0.29, 0.717) is 23.6 Å². The van der Waals surface area contributed by atoms with Gasteiger partial charge in [0.2, 0.25) is 5.91 Å². The molecule has 2 heterocycles. The molecular weight excluding hydrogens is 459 g/mol. The molecule has 1 amide bonds. The molecule has 1 N–H and O–H groups in total. The molecule has 32 heavy (non-hydrogen) atoms. The maximum absolute atomic E-state index is 13.9. The third kappa shape index (κ3) is 5.17. The smallest absolute Gasteiger partial charge is 0.380 e. The van der Waals surface area contributed by atoms with Gasteiger partial charge < -0.3 is 10.2 Å². The minimum absolute atomic E-state index is 0.128. The largest absolute Gasteiger partial charge is 0.414 e. The maximum atomic E-state index is 13.9. The number of halogens is 4. The van der Waals surface area contributed by atoms with Crippen LogP contribution >= 0.6 is 23.4 Å². The zero-order valence-electron chi connectivity index (χ0n) is 17.7. The van der Waals surface area contributed by atoms with Crippen LogP contribution in [0.1, 0.15) is 35.7 Å². The van der Waals surface area contributed by atoms with Crippen molar-refractivity contribution in [2.45, 2.75) is 43.9 Å². The normalized spacial score (nSPS) is 20.0. The van der Waals surface area contributed by atoms with Crippen LogP contribution in [0.3, 0.4) is 0 Å². The van der Waals surface area contributed by atoms with Crippen molar-refractivity contribution in [1.29, 1.82) is 0 Å². The molecule has 0 spiro atoms. The lowest BCUT2D eigenvalue weighted by molar-refractivity contribution is -0.191. The van der Waals surface area contributed by atoms with E-state index in [1.165, 1.54) is 30.4 Å². The summed E-state index contributed by atoms with van der Waals surface area (Å²) < 4.78 is 41.8. The molecule has 1 aliphatic heterocycles. The molecule has 1 saturated heterocycles. The number of pyridine rings is 1. The number of hydrogen-bond acceptors (Lipinski definition) is 4. The molecule has 1 unspecified atom stereocenters. The summed E-state index contributed by atoms with van der Waals surface area (Å²) in [4.78, 5) is 17.7. The van der Waals surface area contributed by atoms with Crippen molar-refractivity contribution in [3.8, 4) is 0 Å². The van der Waals surface area contributed by atoms with Crippen molar-refractivity contribution in [1.82, 2.24) is 9.88 Å². The van der Waals surface area contributed by atoms with Crippen LogP contribution in [-0.4, -0.2) is 46.6 Å². The molecule has 4 rings (SSSR count). The van der Waals surface area contributed by atoms with Crippen molar-refractivity contribution < 1.29 is 18.0 Å². The van der Waals surface area contributed by atoms with E-state index in [0.717, 1.165) is 29.2 Å². The number of benzene rings is 1. The van der Waals surface area contributed by atoms with Gasteiger partial charge in [0.1, 0.15) is 0 Å². The number of anilines is 1. The van der Waals surface area contributed by atoms with Crippen LogP contribution in [0.25, 0.3) is 0 Å². The van der Waals surface area contributed by atoms with Crippen LogP contribution in [0.4, 0.5) is 18.9 Å². The number of nitrogens with zero attached hydrogens (tertiary/aromatic N) is 2. The van der Waals surface area contributed by atoms with Gasteiger partial charge in [0.15, 0.2) is 6.04 Å². The summed E-state index contributed by atoms with van der Waals surface area (Å²) in [6, 6.07) is 6.85. The Bertz CT molecular complexity index is 964. The van der Waals surface area contributed by atoms with Crippen LogP contribution in [0.15, 0.2) is 36.5 Å². The fourth-order valence-corrected chi connectivity index (χ4v) is 5.82. The molecule has 1 aliphatic carbocycles. The van der Waals surface area contributed by atoms with Gasteiger partial charge in [0, 0.05) is 24.0 Å². The van der Waals surface area contributed by atoms with Gasteiger partial charge in [-0.15, -0.1) is 0 Å².